The minimum absolute atomic E-state index is 0.275. The maximum Gasteiger partial charge on any atom is 0.261 e. The lowest BCUT2D eigenvalue weighted by Gasteiger charge is -2.15. The Bertz CT molecular complexity index is 563. The van der Waals surface area contributed by atoms with Gasteiger partial charge in [0.25, 0.3) is 5.22 Å². The van der Waals surface area contributed by atoms with Gasteiger partial charge >= 0.3 is 0 Å². The van der Waals surface area contributed by atoms with Crippen LogP contribution in [0.3, 0.4) is 0 Å². The first-order valence-corrected chi connectivity index (χ1v) is 7.70. The van der Waals surface area contributed by atoms with Crippen LogP contribution in [0.25, 0.3) is 0 Å². The molecule has 1 aromatic heterocycles. The van der Waals surface area contributed by atoms with Gasteiger partial charge in [0.15, 0.2) is 0 Å². The molecule has 0 radical (unpaired) electrons. The van der Waals surface area contributed by atoms with Crippen molar-refractivity contribution >= 4 is 27.7 Å². The average Bonchev–Trinajstić information content (AvgIpc) is 2.69. The van der Waals surface area contributed by atoms with Crippen LogP contribution in [0.2, 0.25) is 0 Å². The molecule has 0 fully saturated rings. The maximum absolute atomic E-state index is 5.64. The predicted molar refractivity (Wildman–Crippen MR) is 81.7 cm³/mol. The van der Waals surface area contributed by atoms with Crippen molar-refractivity contribution in [2.75, 3.05) is 7.05 Å². The first kappa shape index (κ1) is 14.6. The van der Waals surface area contributed by atoms with Crippen LogP contribution >= 0.6 is 27.7 Å². The van der Waals surface area contributed by atoms with Crippen LogP contribution in [0.5, 0.6) is 0 Å². The second-order valence-electron chi connectivity index (χ2n) is 4.42. The molecule has 0 spiro atoms. The molecule has 1 aromatic carbocycles. The second-order valence-corrected chi connectivity index (χ2v) is 6.32. The number of halogens is 1. The molecular formula is C14H17BrN2OS. The molecule has 3 nitrogen and oxygen atoms in total. The van der Waals surface area contributed by atoms with E-state index in [4.69, 9.17) is 4.42 Å². The van der Waals surface area contributed by atoms with E-state index in [2.05, 4.69) is 45.3 Å². The fraction of sp³-hybridized carbons (Fsp3) is 0.357. The normalized spacial score (nSPS) is 12.7. The molecule has 1 atom stereocenters. The number of benzene rings is 1. The molecule has 0 aliphatic heterocycles. The van der Waals surface area contributed by atoms with E-state index in [-0.39, 0.29) is 6.04 Å². The molecule has 0 aliphatic carbocycles. The lowest BCUT2D eigenvalue weighted by Crippen LogP contribution is -2.13. The molecule has 0 amide bonds. The van der Waals surface area contributed by atoms with Crippen molar-refractivity contribution in [3.05, 3.63) is 39.7 Å². The zero-order chi connectivity index (χ0) is 14.0. The Morgan fingerprint density at radius 2 is 2.11 bits per heavy atom. The number of oxazole rings is 1. The minimum Gasteiger partial charge on any atom is -0.436 e. The van der Waals surface area contributed by atoms with Gasteiger partial charge in [-0.2, -0.15) is 0 Å². The van der Waals surface area contributed by atoms with Gasteiger partial charge in [0, 0.05) is 15.4 Å². The lowest BCUT2D eigenvalue weighted by atomic mass is 10.1. The Labute approximate surface area is 126 Å². The van der Waals surface area contributed by atoms with Gasteiger partial charge in [-0.15, -0.1) is 0 Å². The van der Waals surface area contributed by atoms with Gasteiger partial charge in [-0.25, -0.2) is 4.98 Å². The molecule has 2 rings (SSSR count). The highest BCUT2D eigenvalue weighted by atomic mass is 79.9. The van der Waals surface area contributed by atoms with Gasteiger partial charge < -0.3 is 9.73 Å². The summed E-state index contributed by atoms with van der Waals surface area (Å²) >= 11 is 5.08. The number of aromatic nitrogens is 1. The number of hydrogen-bond donors (Lipinski definition) is 1. The first-order valence-electron chi connectivity index (χ1n) is 6.10. The summed E-state index contributed by atoms with van der Waals surface area (Å²) in [6.45, 7) is 6.03. The first-order chi connectivity index (χ1) is 9.01. The Balaban J connectivity index is 2.33. The molecule has 5 heteroatoms. The molecule has 1 N–H and O–H groups in total. The third kappa shape index (κ3) is 3.41. The van der Waals surface area contributed by atoms with Crippen molar-refractivity contribution in [1.29, 1.82) is 0 Å². The van der Waals surface area contributed by atoms with E-state index < -0.39 is 0 Å². The number of nitrogens with one attached hydrogen (secondary N) is 1. The van der Waals surface area contributed by atoms with Crippen molar-refractivity contribution in [1.82, 2.24) is 10.3 Å². The van der Waals surface area contributed by atoms with E-state index in [0.717, 1.165) is 20.8 Å². The summed E-state index contributed by atoms with van der Waals surface area (Å²) in [5.41, 5.74) is 2.18. The highest BCUT2D eigenvalue weighted by molar-refractivity contribution is 9.10. The van der Waals surface area contributed by atoms with E-state index in [1.54, 1.807) is 11.8 Å². The van der Waals surface area contributed by atoms with Crippen molar-refractivity contribution in [2.45, 2.75) is 36.9 Å². The molecule has 102 valence electrons. The SMILES string of the molecule is CNC(C)c1cc(Br)ccc1Sc1nc(C)c(C)o1. The zero-order valence-electron chi connectivity index (χ0n) is 11.5. The Hall–Kier alpha value is -0.780. The van der Waals surface area contributed by atoms with Crippen molar-refractivity contribution in [2.24, 2.45) is 0 Å². The van der Waals surface area contributed by atoms with Crippen molar-refractivity contribution < 1.29 is 4.42 Å². The standard InChI is InChI=1S/C14H17BrN2OS/c1-8-10(3)18-14(17-8)19-13-6-5-11(15)7-12(13)9(2)16-4/h5-7,9,16H,1-4H3. The topological polar surface area (TPSA) is 38.1 Å². The number of aryl methyl sites for hydroxylation is 2. The van der Waals surface area contributed by atoms with Gasteiger partial charge in [-0.3, -0.25) is 0 Å². The number of rotatable bonds is 4. The quantitative estimate of drug-likeness (QED) is 0.889. The van der Waals surface area contributed by atoms with E-state index in [1.807, 2.05) is 27.0 Å². The summed E-state index contributed by atoms with van der Waals surface area (Å²) < 4.78 is 6.71. The Morgan fingerprint density at radius 3 is 2.68 bits per heavy atom. The average molecular weight is 341 g/mol. The third-order valence-electron chi connectivity index (χ3n) is 3.08. The molecule has 19 heavy (non-hydrogen) atoms. The summed E-state index contributed by atoms with van der Waals surface area (Å²) in [5.74, 6) is 0.878. The summed E-state index contributed by atoms with van der Waals surface area (Å²) in [7, 11) is 1.96. The van der Waals surface area contributed by atoms with E-state index in [9.17, 15) is 0 Å². The minimum atomic E-state index is 0.275. The lowest BCUT2D eigenvalue weighted by molar-refractivity contribution is 0.431. The van der Waals surface area contributed by atoms with E-state index >= 15 is 0 Å². The summed E-state index contributed by atoms with van der Waals surface area (Å²) in [6, 6.07) is 6.53. The van der Waals surface area contributed by atoms with Gasteiger partial charge in [0.05, 0.1) is 5.69 Å². The van der Waals surface area contributed by atoms with Crippen LogP contribution in [-0.2, 0) is 0 Å². The van der Waals surface area contributed by atoms with E-state index in [1.165, 1.54) is 5.56 Å². The van der Waals surface area contributed by atoms with Crippen molar-refractivity contribution in [3.63, 3.8) is 0 Å². The number of hydrogen-bond acceptors (Lipinski definition) is 4. The van der Waals surface area contributed by atoms with Crippen LogP contribution < -0.4 is 5.32 Å². The van der Waals surface area contributed by atoms with Crippen LogP contribution in [-0.4, -0.2) is 12.0 Å². The van der Waals surface area contributed by atoms with Gasteiger partial charge in [-0.1, -0.05) is 15.9 Å². The predicted octanol–water partition coefficient (Wildman–Crippen LogP) is 4.49. The van der Waals surface area contributed by atoms with Gasteiger partial charge in [0.2, 0.25) is 0 Å². The molecular weight excluding hydrogens is 324 g/mol. The van der Waals surface area contributed by atoms with Crippen LogP contribution in [0.1, 0.15) is 30.0 Å². The Morgan fingerprint density at radius 1 is 1.37 bits per heavy atom. The third-order valence-corrected chi connectivity index (χ3v) is 4.51. The molecule has 0 bridgehead atoms. The summed E-state index contributed by atoms with van der Waals surface area (Å²) in [4.78, 5) is 5.58. The number of nitrogens with zero attached hydrogens (tertiary/aromatic N) is 1. The highest BCUT2D eigenvalue weighted by Gasteiger charge is 2.14. The van der Waals surface area contributed by atoms with E-state index in [0.29, 0.717) is 5.22 Å². The molecule has 0 aliphatic rings. The zero-order valence-corrected chi connectivity index (χ0v) is 13.9. The Kier molecular flexibility index (Phi) is 4.71. The largest absolute Gasteiger partial charge is 0.436 e. The maximum atomic E-state index is 5.64. The monoisotopic (exact) mass is 340 g/mol. The van der Waals surface area contributed by atoms with Crippen LogP contribution in [0.4, 0.5) is 0 Å². The van der Waals surface area contributed by atoms with Crippen LogP contribution in [0, 0.1) is 13.8 Å². The summed E-state index contributed by atoms with van der Waals surface area (Å²) in [5, 5.41) is 3.96. The van der Waals surface area contributed by atoms with Crippen LogP contribution in [0.15, 0.2) is 37.2 Å². The van der Waals surface area contributed by atoms with Crippen molar-refractivity contribution in [3.8, 4) is 0 Å². The van der Waals surface area contributed by atoms with Gasteiger partial charge in [-0.05, 0) is 63.3 Å². The van der Waals surface area contributed by atoms with Gasteiger partial charge in [0.1, 0.15) is 5.76 Å². The summed E-state index contributed by atoms with van der Waals surface area (Å²) in [6.07, 6.45) is 0. The fourth-order valence-electron chi connectivity index (χ4n) is 1.69. The molecule has 0 saturated heterocycles. The second kappa shape index (κ2) is 6.11. The molecule has 1 heterocycles. The highest BCUT2D eigenvalue weighted by Crippen LogP contribution is 2.35. The smallest absolute Gasteiger partial charge is 0.261 e. The molecule has 2 aromatic rings. The molecule has 1 unspecified atom stereocenters. The molecule has 0 saturated carbocycles. The fourth-order valence-corrected chi connectivity index (χ4v) is 3.09.